The summed E-state index contributed by atoms with van der Waals surface area (Å²) < 4.78 is 0. The molecule has 0 atom stereocenters. The topological polar surface area (TPSA) is 23.6 Å². The van der Waals surface area contributed by atoms with Crippen LogP contribution in [-0.4, -0.2) is 48.4 Å². The Morgan fingerprint density at radius 1 is 0.923 bits per heavy atom. The summed E-state index contributed by atoms with van der Waals surface area (Å²) in [6.07, 6.45) is 18.6. The predicted molar refractivity (Wildman–Crippen MR) is 107 cm³/mol. The molecule has 0 aromatic carbocycles. The number of rotatable bonds is 4. The quantitative estimate of drug-likeness (QED) is 0.715. The summed E-state index contributed by atoms with van der Waals surface area (Å²) in [4.78, 5) is 17.6. The second-order valence-electron chi connectivity index (χ2n) is 10.4. The lowest BCUT2D eigenvalue weighted by molar-refractivity contribution is -0.128. The van der Waals surface area contributed by atoms with Crippen molar-refractivity contribution >= 4 is 5.91 Å². The minimum atomic E-state index is 0.309. The van der Waals surface area contributed by atoms with Gasteiger partial charge in [0.2, 0.25) is 5.91 Å². The fourth-order valence-corrected chi connectivity index (χ4v) is 7.06. The van der Waals surface area contributed by atoms with Crippen LogP contribution < -0.4 is 0 Å². The van der Waals surface area contributed by atoms with Crippen LogP contribution in [0.15, 0.2) is 0 Å². The van der Waals surface area contributed by atoms with E-state index in [0.717, 1.165) is 31.3 Å². The normalized spacial score (nSPS) is 37.3. The van der Waals surface area contributed by atoms with Crippen LogP contribution in [0, 0.1) is 17.3 Å². The molecule has 1 heterocycles. The molecule has 0 radical (unpaired) electrons. The van der Waals surface area contributed by atoms with Crippen molar-refractivity contribution in [2.75, 3.05) is 27.2 Å². The summed E-state index contributed by atoms with van der Waals surface area (Å²) >= 11 is 0. The number of likely N-dealkylation sites (tertiary alicyclic amines) is 1. The van der Waals surface area contributed by atoms with Gasteiger partial charge in [0.05, 0.1) is 0 Å². The number of nitrogens with zero attached hydrogens (tertiary/aromatic N) is 2. The van der Waals surface area contributed by atoms with E-state index < -0.39 is 0 Å². The molecule has 4 aliphatic rings. The molecule has 3 nitrogen and oxygen atoms in total. The zero-order valence-corrected chi connectivity index (χ0v) is 17.3. The zero-order chi connectivity index (χ0) is 18.2. The van der Waals surface area contributed by atoms with E-state index in [2.05, 4.69) is 23.9 Å². The molecule has 1 saturated heterocycles. The van der Waals surface area contributed by atoms with Crippen molar-refractivity contribution < 1.29 is 4.79 Å². The van der Waals surface area contributed by atoms with Crippen LogP contribution in [0.2, 0.25) is 0 Å². The summed E-state index contributed by atoms with van der Waals surface area (Å²) in [7, 11) is 4.62. The lowest BCUT2D eigenvalue weighted by Gasteiger charge is -2.52. The van der Waals surface area contributed by atoms with Gasteiger partial charge in [0.1, 0.15) is 0 Å². The Labute approximate surface area is 160 Å². The van der Waals surface area contributed by atoms with E-state index in [-0.39, 0.29) is 0 Å². The van der Waals surface area contributed by atoms with Crippen molar-refractivity contribution in [1.29, 1.82) is 0 Å². The van der Waals surface area contributed by atoms with Gasteiger partial charge in [-0.1, -0.05) is 32.1 Å². The molecule has 0 aromatic heterocycles. The maximum atomic E-state index is 12.8. The van der Waals surface area contributed by atoms with Gasteiger partial charge < -0.3 is 9.80 Å². The summed E-state index contributed by atoms with van der Waals surface area (Å²) in [5, 5.41) is 0. The SMILES string of the molecule is CN(C)C1(C2CCCC2)CCC2(CC1)CC(=O)N(CC1CCCCC1)C2. The maximum Gasteiger partial charge on any atom is 0.223 e. The Morgan fingerprint density at radius 3 is 2.15 bits per heavy atom. The fourth-order valence-electron chi connectivity index (χ4n) is 7.06. The molecular weight excluding hydrogens is 320 g/mol. The van der Waals surface area contributed by atoms with Gasteiger partial charge in [-0.05, 0) is 82.7 Å². The highest BCUT2D eigenvalue weighted by atomic mass is 16.2. The van der Waals surface area contributed by atoms with E-state index in [9.17, 15) is 4.79 Å². The third-order valence-corrected chi connectivity index (χ3v) is 8.79. The van der Waals surface area contributed by atoms with Crippen LogP contribution in [0.5, 0.6) is 0 Å². The highest BCUT2D eigenvalue weighted by molar-refractivity contribution is 5.79. The van der Waals surface area contributed by atoms with Crippen LogP contribution in [0.1, 0.15) is 89.9 Å². The molecule has 4 fully saturated rings. The molecule has 3 saturated carbocycles. The highest BCUT2D eigenvalue weighted by Gasteiger charge is 2.52. The van der Waals surface area contributed by atoms with Crippen LogP contribution in [0.4, 0.5) is 0 Å². The highest BCUT2D eigenvalue weighted by Crippen LogP contribution is 2.53. The second-order valence-corrected chi connectivity index (χ2v) is 10.4. The van der Waals surface area contributed by atoms with Gasteiger partial charge in [0, 0.05) is 25.0 Å². The van der Waals surface area contributed by atoms with E-state index in [1.807, 2.05) is 0 Å². The van der Waals surface area contributed by atoms with Gasteiger partial charge in [-0.15, -0.1) is 0 Å². The Balaban J connectivity index is 1.39. The van der Waals surface area contributed by atoms with Crippen LogP contribution in [0.3, 0.4) is 0 Å². The van der Waals surface area contributed by atoms with Gasteiger partial charge in [0.15, 0.2) is 0 Å². The average molecular weight is 361 g/mol. The summed E-state index contributed by atoms with van der Waals surface area (Å²) in [6, 6.07) is 0. The molecule has 0 unspecified atom stereocenters. The van der Waals surface area contributed by atoms with Gasteiger partial charge >= 0.3 is 0 Å². The number of carbonyl (C=O) groups is 1. The monoisotopic (exact) mass is 360 g/mol. The van der Waals surface area contributed by atoms with Crippen molar-refractivity contribution in [3.8, 4) is 0 Å². The van der Waals surface area contributed by atoms with Gasteiger partial charge in [-0.3, -0.25) is 4.79 Å². The molecular formula is C23H40N2O. The van der Waals surface area contributed by atoms with Crippen LogP contribution >= 0.6 is 0 Å². The van der Waals surface area contributed by atoms with Crippen molar-refractivity contribution in [3.05, 3.63) is 0 Å². The van der Waals surface area contributed by atoms with E-state index in [1.54, 1.807) is 0 Å². The molecule has 3 heteroatoms. The van der Waals surface area contributed by atoms with Gasteiger partial charge in [0.25, 0.3) is 0 Å². The van der Waals surface area contributed by atoms with Crippen molar-refractivity contribution in [2.24, 2.45) is 17.3 Å². The first-order valence-corrected chi connectivity index (χ1v) is 11.5. The van der Waals surface area contributed by atoms with Crippen LogP contribution in [-0.2, 0) is 4.79 Å². The second kappa shape index (κ2) is 7.45. The van der Waals surface area contributed by atoms with E-state index in [1.165, 1.54) is 83.5 Å². The first kappa shape index (κ1) is 18.8. The Hall–Kier alpha value is -0.570. The van der Waals surface area contributed by atoms with Gasteiger partial charge in [-0.25, -0.2) is 0 Å². The largest absolute Gasteiger partial charge is 0.342 e. The predicted octanol–water partition coefficient (Wildman–Crippen LogP) is 4.85. The molecule has 1 aliphatic heterocycles. The van der Waals surface area contributed by atoms with Crippen molar-refractivity contribution in [2.45, 2.75) is 95.4 Å². The zero-order valence-electron chi connectivity index (χ0n) is 17.3. The standard InChI is InChI=1S/C23H40N2O/c1-24(2)23(20-10-6-7-11-20)14-12-22(13-15-23)16-21(26)25(18-22)17-19-8-4-3-5-9-19/h19-20H,3-18H2,1-2H3. The maximum absolute atomic E-state index is 12.8. The van der Waals surface area contributed by atoms with E-state index >= 15 is 0 Å². The first-order chi connectivity index (χ1) is 12.5. The molecule has 1 amide bonds. The summed E-state index contributed by atoms with van der Waals surface area (Å²) in [5.74, 6) is 2.14. The molecule has 26 heavy (non-hydrogen) atoms. The number of hydrogen-bond acceptors (Lipinski definition) is 2. The number of amides is 1. The van der Waals surface area contributed by atoms with Crippen LogP contribution in [0.25, 0.3) is 0 Å². The minimum Gasteiger partial charge on any atom is -0.342 e. The summed E-state index contributed by atoms with van der Waals surface area (Å²) in [5.41, 5.74) is 0.728. The molecule has 3 aliphatic carbocycles. The van der Waals surface area contributed by atoms with E-state index in [4.69, 9.17) is 0 Å². The Morgan fingerprint density at radius 2 is 1.54 bits per heavy atom. The minimum absolute atomic E-state index is 0.309. The lowest BCUT2D eigenvalue weighted by Crippen LogP contribution is -2.54. The molecule has 1 spiro atoms. The summed E-state index contributed by atoms with van der Waals surface area (Å²) in [6.45, 7) is 2.12. The first-order valence-electron chi connectivity index (χ1n) is 11.5. The Bertz CT molecular complexity index is 494. The lowest BCUT2D eigenvalue weighted by atomic mass is 9.62. The van der Waals surface area contributed by atoms with Crippen molar-refractivity contribution in [3.63, 3.8) is 0 Å². The van der Waals surface area contributed by atoms with E-state index in [0.29, 0.717) is 16.9 Å². The molecule has 0 bridgehead atoms. The third kappa shape index (κ3) is 3.45. The molecule has 148 valence electrons. The molecule has 0 N–H and O–H groups in total. The molecule has 0 aromatic rings. The number of carbonyl (C=O) groups excluding carboxylic acids is 1. The average Bonchev–Trinajstić information content (AvgIpc) is 3.26. The molecule has 4 rings (SSSR count). The van der Waals surface area contributed by atoms with Crippen molar-refractivity contribution in [1.82, 2.24) is 9.80 Å². The smallest absolute Gasteiger partial charge is 0.223 e. The number of hydrogen-bond donors (Lipinski definition) is 0. The third-order valence-electron chi connectivity index (χ3n) is 8.79. The van der Waals surface area contributed by atoms with Gasteiger partial charge in [-0.2, -0.15) is 0 Å². The Kier molecular flexibility index (Phi) is 5.38. The fraction of sp³-hybridized carbons (Fsp3) is 0.957.